The lowest BCUT2D eigenvalue weighted by atomic mass is 9.68. The number of hydrogen-bond donors (Lipinski definition) is 1. The molecule has 0 unspecified atom stereocenters. The number of halogens is 1. The van der Waals surface area contributed by atoms with Crippen molar-refractivity contribution in [1.82, 2.24) is 5.32 Å². The molecule has 2 nitrogen and oxygen atoms in total. The van der Waals surface area contributed by atoms with Crippen LogP contribution in [0.3, 0.4) is 0 Å². The van der Waals surface area contributed by atoms with E-state index in [0.717, 1.165) is 23.2 Å². The fourth-order valence-electron chi connectivity index (χ4n) is 2.04. The molecule has 0 bridgehead atoms. The van der Waals surface area contributed by atoms with Crippen LogP contribution in [-0.4, -0.2) is 12.5 Å². The van der Waals surface area contributed by atoms with Crippen LogP contribution in [0.2, 0.25) is 0 Å². The van der Waals surface area contributed by atoms with Crippen molar-refractivity contribution in [1.29, 1.82) is 0 Å². The van der Waals surface area contributed by atoms with Gasteiger partial charge in [-0.1, -0.05) is 13.0 Å². The number of thiophene rings is 1. The maximum Gasteiger partial charge on any atom is 0.243 e. The molecule has 1 N–H and O–H groups in total. The molecule has 1 aliphatic carbocycles. The van der Waals surface area contributed by atoms with Gasteiger partial charge in [0.2, 0.25) is 5.91 Å². The minimum atomic E-state index is -0.0816. The van der Waals surface area contributed by atoms with Gasteiger partial charge in [0, 0.05) is 16.8 Å². The summed E-state index contributed by atoms with van der Waals surface area (Å²) in [6.45, 7) is 4.19. The summed E-state index contributed by atoms with van der Waals surface area (Å²) < 4.78 is 1.16. The number of carbonyl (C=O) groups excluding carboxylic acids is 1. The number of rotatable bonds is 4. The monoisotopic (exact) mass is 299 g/mol. The topological polar surface area (TPSA) is 29.1 Å². The predicted octanol–water partition coefficient (Wildman–Crippen LogP) is 3.23. The van der Waals surface area contributed by atoms with Crippen LogP contribution in [0.1, 0.15) is 24.1 Å². The number of hydrogen-bond acceptors (Lipinski definition) is 2. The quantitative estimate of drug-likeness (QED) is 0.850. The second-order valence-corrected chi connectivity index (χ2v) is 6.62. The van der Waals surface area contributed by atoms with E-state index in [2.05, 4.69) is 40.0 Å². The molecule has 0 spiro atoms. The summed E-state index contributed by atoms with van der Waals surface area (Å²) in [5, 5.41) is 2.92. The van der Waals surface area contributed by atoms with E-state index in [1.807, 2.05) is 0 Å². The van der Waals surface area contributed by atoms with Crippen LogP contribution >= 0.6 is 27.3 Å². The highest BCUT2D eigenvalue weighted by molar-refractivity contribution is 9.11. The molecule has 1 aliphatic rings. The van der Waals surface area contributed by atoms with Crippen molar-refractivity contribution < 1.29 is 4.79 Å². The van der Waals surface area contributed by atoms with Gasteiger partial charge in [-0.2, -0.15) is 0 Å². The molecular weight excluding hydrogens is 286 g/mol. The van der Waals surface area contributed by atoms with Crippen LogP contribution in [0.15, 0.2) is 28.6 Å². The van der Waals surface area contributed by atoms with Crippen molar-refractivity contribution in [3.8, 4) is 0 Å². The number of carbonyl (C=O) groups is 1. The third-order valence-corrected chi connectivity index (χ3v) is 5.06. The molecule has 1 heterocycles. The van der Waals surface area contributed by atoms with E-state index in [1.165, 1.54) is 17.4 Å². The van der Waals surface area contributed by atoms with Gasteiger partial charge in [-0.15, -0.1) is 11.3 Å². The molecule has 0 aliphatic heterocycles. The van der Waals surface area contributed by atoms with Crippen molar-refractivity contribution in [2.24, 2.45) is 0 Å². The zero-order chi connectivity index (χ0) is 11.6. The SMILES string of the molecule is C=CC(=O)NCC1(c2ccc(Br)s2)CCC1. The average Bonchev–Trinajstić information content (AvgIpc) is 2.63. The van der Waals surface area contributed by atoms with Gasteiger partial charge in [-0.3, -0.25) is 4.79 Å². The number of amides is 1. The van der Waals surface area contributed by atoms with E-state index in [-0.39, 0.29) is 11.3 Å². The smallest absolute Gasteiger partial charge is 0.243 e. The molecule has 0 aromatic carbocycles. The molecule has 0 radical (unpaired) electrons. The highest BCUT2D eigenvalue weighted by atomic mass is 79.9. The summed E-state index contributed by atoms with van der Waals surface area (Å²) in [6.07, 6.45) is 4.91. The van der Waals surface area contributed by atoms with Gasteiger partial charge in [0.25, 0.3) is 0 Å². The maximum atomic E-state index is 11.2. The van der Waals surface area contributed by atoms with Gasteiger partial charge in [0.15, 0.2) is 0 Å². The van der Waals surface area contributed by atoms with Crippen LogP contribution in [0.25, 0.3) is 0 Å². The molecule has 1 fully saturated rings. The summed E-state index contributed by atoms with van der Waals surface area (Å²) in [5.74, 6) is -0.0816. The fraction of sp³-hybridized carbons (Fsp3) is 0.417. The summed E-state index contributed by atoms with van der Waals surface area (Å²) in [7, 11) is 0. The summed E-state index contributed by atoms with van der Waals surface area (Å²) in [5.41, 5.74) is 0.176. The van der Waals surface area contributed by atoms with Gasteiger partial charge >= 0.3 is 0 Å². The van der Waals surface area contributed by atoms with Crippen LogP contribution in [0.4, 0.5) is 0 Å². The van der Waals surface area contributed by atoms with Crippen molar-refractivity contribution in [3.05, 3.63) is 33.5 Å². The molecule has 0 atom stereocenters. The summed E-state index contributed by atoms with van der Waals surface area (Å²) in [4.78, 5) is 12.6. The van der Waals surface area contributed by atoms with E-state index in [4.69, 9.17) is 0 Å². The van der Waals surface area contributed by atoms with Gasteiger partial charge in [0.1, 0.15) is 0 Å². The van der Waals surface area contributed by atoms with Gasteiger partial charge in [-0.25, -0.2) is 0 Å². The fourth-order valence-corrected chi connectivity index (χ4v) is 3.67. The van der Waals surface area contributed by atoms with Crippen LogP contribution in [0.5, 0.6) is 0 Å². The first kappa shape index (κ1) is 11.9. The minimum Gasteiger partial charge on any atom is -0.352 e. The van der Waals surface area contributed by atoms with E-state index in [1.54, 1.807) is 11.3 Å². The molecule has 16 heavy (non-hydrogen) atoms. The third kappa shape index (κ3) is 2.23. The minimum absolute atomic E-state index is 0.0816. The molecule has 4 heteroatoms. The Morgan fingerprint density at radius 3 is 2.81 bits per heavy atom. The Morgan fingerprint density at radius 1 is 1.62 bits per heavy atom. The van der Waals surface area contributed by atoms with E-state index < -0.39 is 0 Å². The highest BCUT2D eigenvalue weighted by Crippen LogP contribution is 2.46. The molecule has 2 rings (SSSR count). The number of nitrogens with one attached hydrogen (secondary N) is 1. The Balaban J connectivity index is 2.08. The standard InChI is InChI=1S/C12H14BrNOS/c1-2-11(15)14-8-12(6-3-7-12)9-4-5-10(13)16-9/h2,4-5H,1,3,6-8H2,(H,14,15). The first-order chi connectivity index (χ1) is 7.66. The maximum absolute atomic E-state index is 11.2. The van der Waals surface area contributed by atoms with Gasteiger partial charge < -0.3 is 5.32 Å². The summed E-state index contributed by atoms with van der Waals surface area (Å²) in [6, 6.07) is 4.24. The Bertz CT molecular complexity index is 409. The zero-order valence-corrected chi connectivity index (χ0v) is 11.4. The van der Waals surface area contributed by atoms with Gasteiger partial charge in [0.05, 0.1) is 3.79 Å². The lowest BCUT2D eigenvalue weighted by Crippen LogP contribution is -2.44. The van der Waals surface area contributed by atoms with Crippen LogP contribution in [0, 0.1) is 0 Å². The Hall–Kier alpha value is -0.610. The predicted molar refractivity (Wildman–Crippen MR) is 70.8 cm³/mol. The van der Waals surface area contributed by atoms with Crippen molar-refractivity contribution in [2.45, 2.75) is 24.7 Å². The third-order valence-electron chi connectivity index (χ3n) is 3.19. The second kappa shape index (κ2) is 4.72. The Morgan fingerprint density at radius 2 is 2.38 bits per heavy atom. The van der Waals surface area contributed by atoms with Gasteiger partial charge in [-0.05, 0) is 47.0 Å². The molecule has 0 saturated heterocycles. The highest BCUT2D eigenvalue weighted by Gasteiger charge is 2.39. The first-order valence-corrected chi connectivity index (χ1v) is 6.93. The Kier molecular flexibility index (Phi) is 3.50. The molecule has 1 aromatic heterocycles. The average molecular weight is 300 g/mol. The molecule has 86 valence electrons. The van der Waals surface area contributed by atoms with E-state index in [0.29, 0.717) is 0 Å². The lowest BCUT2D eigenvalue weighted by Gasteiger charge is -2.41. The Labute approximate surface area is 108 Å². The molecule has 1 saturated carbocycles. The molecule has 1 amide bonds. The largest absolute Gasteiger partial charge is 0.352 e. The lowest BCUT2D eigenvalue weighted by molar-refractivity contribution is -0.116. The molecule has 1 aromatic rings. The van der Waals surface area contributed by atoms with E-state index >= 15 is 0 Å². The van der Waals surface area contributed by atoms with E-state index in [9.17, 15) is 4.79 Å². The molecular formula is C12H14BrNOS. The van der Waals surface area contributed by atoms with Crippen molar-refractivity contribution >= 4 is 33.2 Å². The first-order valence-electron chi connectivity index (χ1n) is 5.32. The summed E-state index contributed by atoms with van der Waals surface area (Å²) >= 11 is 5.26. The second-order valence-electron chi connectivity index (χ2n) is 4.16. The van der Waals surface area contributed by atoms with Crippen LogP contribution in [-0.2, 0) is 10.2 Å². The van der Waals surface area contributed by atoms with Crippen LogP contribution < -0.4 is 5.32 Å². The van der Waals surface area contributed by atoms with Crippen molar-refractivity contribution in [3.63, 3.8) is 0 Å². The zero-order valence-electron chi connectivity index (χ0n) is 8.96. The normalized spacial score (nSPS) is 17.6. The van der Waals surface area contributed by atoms with Crippen molar-refractivity contribution in [2.75, 3.05) is 6.54 Å².